The molecule has 1 N–H and O–H groups in total. The van der Waals surface area contributed by atoms with Crippen LogP contribution in [0.4, 0.5) is 5.69 Å². The number of pyridine rings is 1. The summed E-state index contributed by atoms with van der Waals surface area (Å²) in [6, 6.07) is 4.91. The van der Waals surface area contributed by atoms with E-state index in [0.29, 0.717) is 17.2 Å². The van der Waals surface area contributed by atoms with Gasteiger partial charge < -0.3 is 10.2 Å². The first-order valence-electron chi connectivity index (χ1n) is 5.27. The second kappa shape index (κ2) is 4.37. The van der Waals surface area contributed by atoms with Crippen LogP contribution >= 0.6 is 11.6 Å². The highest BCUT2D eigenvalue weighted by molar-refractivity contribution is 6.29. The molecule has 1 saturated heterocycles. The molecule has 3 nitrogen and oxygen atoms in total. The second-order valence-electron chi connectivity index (χ2n) is 4.21. The highest BCUT2D eigenvalue weighted by atomic mass is 35.5. The lowest BCUT2D eigenvalue weighted by Crippen LogP contribution is -2.54. The number of hydrogen-bond acceptors (Lipinski definition) is 3. The summed E-state index contributed by atoms with van der Waals surface area (Å²) in [7, 11) is 0. The van der Waals surface area contributed by atoms with Gasteiger partial charge in [-0.1, -0.05) is 11.6 Å². The van der Waals surface area contributed by atoms with E-state index in [9.17, 15) is 0 Å². The zero-order valence-electron chi connectivity index (χ0n) is 9.07. The van der Waals surface area contributed by atoms with Crippen LogP contribution in [0.15, 0.2) is 18.3 Å². The van der Waals surface area contributed by atoms with Crippen molar-refractivity contribution < 1.29 is 0 Å². The third-order valence-electron chi connectivity index (χ3n) is 2.63. The van der Waals surface area contributed by atoms with Crippen LogP contribution in [0.1, 0.15) is 13.8 Å². The zero-order valence-corrected chi connectivity index (χ0v) is 9.83. The van der Waals surface area contributed by atoms with Crippen molar-refractivity contribution in [1.29, 1.82) is 0 Å². The summed E-state index contributed by atoms with van der Waals surface area (Å²) in [5.74, 6) is 0. The predicted octanol–water partition coefficient (Wildman–Crippen LogP) is 1.92. The number of halogens is 1. The number of nitrogens with zero attached hydrogens (tertiary/aromatic N) is 2. The molecule has 1 aromatic rings. The maximum atomic E-state index is 5.77. The van der Waals surface area contributed by atoms with Crippen molar-refractivity contribution in [2.75, 3.05) is 18.0 Å². The Kier molecular flexibility index (Phi) is 3.12. The van der Waals surface area contributed by atoms with Gasteiger partial charge in [0.05, 0.1) is 11.9 Å². The lowest BCUT2D eigenvalue weighted by atomic mass is 10.1. The van der Waals surface area contributed by atoms with Gasteiger partial charge in [0.2, 0.25) is 0 Å². The Morgan fingerprint density at radius 3 is 2.53 bits per heavy atom. The number of aromatic nitrogens is 1. The van der Waals surface area contributed by atoms with Crippen LogP contribution in [0.2, 0.25) is 5.15 Å². The van der Waals surface area contributed by atoms with E-state index in [2.05, 4.69) is 29.0 Å². The van der Waals surface area contributed by atoms with Crippen molar-refractivity contribution in [3.63, 3.8) is 0 Å². The maximum Gasteiger partial charge on any atom is 0.129 e. The Bertz CT molecular complexity index is 315. The Morgan fingerprint density at radius 2 is 2.00 bits per heavy atom. The molecule has 0 spiro atoms. The standard InChI is InChI=1S/C11H16ClN3/c1-8-6-15(7-9(2)14-8)10-3-4-11(12)13-5-10/h3-5,8-9,14H,6-7H2,1-2H3/t8-,9+. The summed E-state index contributed by atoms with van der Waals surface area (Å²) in [5, 5.41) is 4.05. The van der Waals surface area contributed by atoms with Crippen LogP contribution in [-0.2, 0) is 0 Å². The fourth-order valence-corrected chi connectivity index (χ4v) is 2.20. The first-order valence-corrected chi connectivity index (χ1v) is 5.65. The van der Waals surface area contributed by atoms with E-state index in [1.54, 1.807) is 0 Å². The number of rotatable bonds is 1. The van der Waals surface area contributed by atoms with E-state index in [4.69, 9.17) is 11.6 Å². The van der Waals surface area contributed by atoms with Gasteiger partial charge in [0.15, 0.2) is 0 Å². The van der Waals surface area contributed by atoms with Crippen molar-refractivity contribution in [3.8, 4) is 0 Å². The molecule has 0 unspecified atom stereocenters. The average molecular weight is 226 g/mol. The molecule has 1 aromatic heterocycles. The van der Waals surface area contributed by atoms with Crippen LogP contribution in [0, 0.1) is 0 Å². The minimum absolute atomic E-state index is 0.518. The molecule has 0 saturated carbocycles. The summed E-state index contributed by atoms with van der Waals surface area (Å²) in [5.41, 5.74) is 1.15. The normalized spacial score (nSPS) is 26.7. The molecule has 4 heteroatoms. The van der Waals surface area contributed by atoms with Crippen LogP contribution in [-0.4, -0.2) is 30.2 Å². The van der Waals surface area contributed by atoms with Gasteiger partial charge in [-0.2, -0.15) is 0 Å². The first kappa shape index (κ1) is 10.7. The molecular weight excluding hydrogens is 210 g/mol. The van der Waals surface area contributed by atoms with E-state index in [1.807, 2.05) is 18.3 Å². The minimum Gasteiger partial charge on any atom is -0.367 e. The largest absolute Gasteiger partial charge is 0.367 e. The molecule has 82 valence electrons. The smallest absolute Gasteiger partial charge is 0.129 e. The first-order chi connectivity index (χ1) is 7.15. The molecule has 0 amide bonds. The molecule has 15 heavy (non-hydrogen) atoms. The zero-order chi connectivity index (χ0) is 10.8. The van der Waals surface area contributed by atoms with Gasteiger partial charge in [-0.05, 0) is 26.0 Å². The van der Waals surface area contributed by atoms with Gasteiger partial charge in [-0.25, -0.2) is 4.98 Å². The summed E-state index contributed by atoms with van der Waals surface area (Å²) >= 11 is 5.77. The van der Waals surface area contributed by atoms with Gasteiger partial charge >= 0.3 is 0 Å². The van der Waals surface area contributed by atoms with E-state index >= 15 is 0 Å². The van der Waals surface area contributed by atoms with Crippen LogP contribution < -0.4 is 10.2 Å². The van der Waals surface area contributed by atoms with Crippen molar-refractivity contribution in [2.45, 2.75) is 25.9 Å². The third-order valence-corrected chi connectivity index (χ3v) is 2.86. The molecule has 2 heterocycles. The summed E-state index contributed by atoms with van der Waals surface area (Å²) < 4.78 is 0. The fraction of sp³-hybridized carbons (Fsp3) is 0.545. The highest BCUT2D eigenvalue weighted by Gasteiger charge is 2.20. The monoisotopic (exact) mass is 225 g/mol. The molecule has 1 aliphatic rings. The van der Waals surface area contributed by atoms with E-state index < -0.39 is 0 Å². The van der Waals surface area contributed by atoms with Gasteiger partial charge in [0.1, 0.15) is 5.15 Å². The lowest BCUT2D eigenvalue weighted by molar-refractivity contribution is 0.407. The van der Waals surface area contributed by atoms with Crippen LogP contribution in [0.25, 0.3) is 0 Å². The molecule has 0 radical (unpaired) electrons. The second-order valence-corrected chi connectivity index (χ2v) is 4.60. The molecule has 2 rings (SSSR count). The fourth-order valence-electron chi connectivity index (χ4n) is 2.09. The average Bonchev–Trinajstić information content (AvgIpc) is 2.17. The summed E-state index contributed by atoms with van der Waals surface area (Å²) in [6.07, 6.45) is 1.84. The van der Waals surface area contributed by atoms with Crippen molar-refractivity contribution in [2.24, 2.45) is 0 Å². The molecule has 0 bridgehead atoms. The number of nitrogens with one attached hydrogen (secondary N) is 1. The molecule has 0 aromatic carbocycles. The van der Waals surface area contributed by atoms with Gasteiger partial charge in [0, 0.05) is 25.2 Å². The Hall–Kier alpha value is -0.800. The SMILES string of the molecule is C[C@@H]1CN(c2ccc(Cl)nc2)C[C@H](C)N1. The maximum absolute atomic E-state index is 5.77. The predicted molar refractivity (Wildman–Crippen MR) is 63.5 cm³/mol. The Labute approximate surface area is 95.4 Å². The molecule has 2 atom stereocenters. The van der Waals surface area contributed by atoms with E-state index in [0.717, 1.165) is 18.8 Å². The summed E-state index contributed by atoms with van der Waals surface area (Å²) in [6.45, 7) is 6.44. The summed E-state index contributed by atoms with van der Waals surface area (Å²) in [4.78, 5) is 6.45. The quantitative estimate of drug-likeness (QED) is 0.741. The van der Waals surface area contributed by atoms with Crippen LogP contribution in [0.3, 0.4) is 0 Å². The molecular formula is C11H16ClN3. The van der Waals surface area contributed by atoms with Gasteiger partial charge in [0.25, 0.3) is 0 Å². The van der Waals surface area contributed by atoms with E-state index in [1.165, 1.54) is 0 Å². The molecule has 1 fully saturated rings. The Balaban J connectivity index is 2.12. The van der Waals surface area contributed by atoms with Gasteiger partial charge in [-0.15, -0.1) is 0 Å². The lowest BCUT2D eigenvalue weighted by Gasteiger charge is -2.37. The van der Waals surface area contributed by atoms with Crippen molar-refractivity contribution in [1.82, 2.24) is 10.3 Å². The topological polar surface area (TPSA) is 28.2 Å². The molecule has 1 aliphatic heterocycles. The number of piperazine rings is 1. The van der Waals surface area contributed by atoms with Crippen molar-refractivity contribution >= 4 is 17.3 Å². The Morgan fingerprint density at radius 1 is 1.33 bits per heavy atom. The minimum atomic E-state index is 0.518. The highest BCUT2D eigenvalue weighted by Crippen LogP contribution is 2.18. The molecule has 0 aliphatic carbocycles. The number of hydrogen-bond donors (Lipinski definition) is 1. The van der Waals surface area contributed by atoms with Crippen molar-refractivity contribution in [3.05, 3.63) is 23.5 Å². The van der Waals surface area contributed by atoms with Crippen LogP contribution in [0.5, 0.6) is 0 Å². The van der Waals surface area contributed by atoms with E-state index in [-0.39, 0.29) is 0 Å². The number of anilines is 1. The third kappa shape index (κ3) is 2.61. The van der Waals surface area contributed by atoms with Gasteiger partial charge in [-0.3, -0.25) is 0 Å².